The van der Waals surface area contributed by atoms with Crippen LogP contribution in [0.2, 0.25) is 0 Å². The molecule has 1 atom stereocenters. The second kappa shape index (κ2) is 7.29. The molecule has 1 aromatic rings. The van der Waals surface area contributed by atoms with E-state index in [0.717, 1.165) is 32.4 Å². The van der Waals surface area contributed by atoms with E-state index in [1.807, 2.05) is 0 Å². The number of benzene rings is 1. The number of nitrogens with zero attached hydrogens (tertiary/aromatic N) is 1. The molecule has 20 heavy (non-hydrogen) atoms. The largest absolute Gasteiger partial charge is 0.371 e. The molecule has 2 rings (SSSR count). The van der Waals surface area contributed by atoms with Crippen molar-refractivity contribution in [2.45, 2.75) is 38.6 Å². The SMILES string of the molecule is CCCNC1CCCN(CCC(N)=O)c2ccccc21. The summed E-state index contributed by atoms with van der Waals surface area (Å²) in [5.41, 5.74) is 7.88. The van der Waals surface area contributed by atoms with Crippen molar-refractivity contribution in [2.24, 2.45) is 5.73 Å². The van der Waals surface area contributed by atoms with Gasteiger partial charge >= 0.3 is 0 Å². The Kier molecular flexibility index (Phi) is 5.41. The fourth-order valence-corrected chi connectivity index (χ4v) is 2.84. The van der Waals surface area contributed by atoms with E-state index < -0.39 is 0 Å². The summed E-state index contributed by atoms with van der Waals surface area (Å²) >= 11 is 0. The van der Waals surface area contributed by atoms with Gasteiger partial charge in [0.25, 0.3) is 0 Å². The third-order valence-corrected chi connectivity index (χ3v) is 3.84. The van der Waals surface area contributed by atoms with Gasteiger partial charge in [0.2, 0.25) is 5.91 Å². The number of amides is 1. The molecule has 3 N–H and O–H groups in total. The van der Waals surface area contributed by atoms with Gasteiger partial charge in [0.05, 0.1) is 0 Å². The summed E-state index contributed by atoms with van der Waals surface area (Å²) in [6, 6.07) is 8.94. The molecule has 1 aliphatic heterocycles. The topological polar surface area (TPSA) is 58.4 Å². The van der Waals surface area contributed by atoms with Gasteiger partial charge in [0, 0.05) is 31.2 Å². The summed E-state index contributed by atoms with van der Waals surface area (Å²) in [6.45, 7) is 4.94. The van der Waals surface area contributed by atoms with Crippen LogP contribution >= 0.6 is 0 Å². The lowest BCUT2D eigenvalue weighted by Crippen LogP contribution is -2.29. The third kappa shape index (κ3) is 3.73. The molecular weight excluding hydrogens is 250 g/mol. The maximum atomic E-state index is 11.0. The molecule has 0 fully saturated rings. The van der Waals surface area contributed by atoms with Crippen LogP contribution in [0.5, 0.6) is 0 Å². The molecule has 0 saturated carbocycles. The molecule has 1 aliphatic rings. The molecule has 0 bridgehead atoms. The van der Waals surface area contributed by atoms with Crippen molar-refractivity contribution in [1.82, 2.24) is 5.32 Å². The minimum absolute atomic E-state index is 0.229. The van der Waals surface area contributed by atoms with E-state index in [1.54, 1.807) is 0 Å². The van der Waals surface area contributed by atoms with Gasteiger partial charge in [0.15, 0.2) is 0 Å². The number of carbonyl (C=O) groups is 1. The van der Waals surface area contributed by atoms with Crippen LogP contribution in [0.4, 0.5) is 5.69 Å². The molecule has 1 unspecified atom stereocenters. The first-order chi connectivity index (χ1) is 9.72. The number of carbonyl (C=O) groups excluding carboxylic acids is 1. The predicted octanol–water partition coefficient (Wildman–Crippen LogP) is 2.20. The molecule has 110 valence electrons. The molecule has 4 nitrogen and oxygen atoms in total. The standard InChI is InChI=1S/C16H25N3O/c1-2-10-18-14-7-5-11-19(12-9-16(17)20)15-8-4-3-6-13(14)15/h3-4,6,8,14,18H,2,5,7,9-12H2,1H3,(H2,17,20). The summed E-state index contributed by atoms with van der Waals surface area (Å²) in [5.74, 6) is -0.229. The van der Waals surface area contributed by atoms with Crippen LogP contribution in [0.25, 0.3) is 0 Å². The second-order valence-corrected chi connectivity index (χ2v) is 5.41. The normalized spacial score (nSPS) is 18.4. The van der Waals surface area contributed by atoms with E-state index in [9.17, 15) is 4.79 Å². The van der Waals surface area contributed by atoms with Crippen LogP contribution in [0, 0.1) is 0 Å². The number of para-hydroxylation sites is 1. The maximum Gasteiger partial charge on any atom is 0.219 e. The minimum atomic E-state index is -0.229. The molecule has 0 radical (unpaired) electrons. The predicted molar refractivity (Wildman–Crippen MR) is 82.7 cm³/mol. The van der Waals surface area contributed by atoms with Crippen LogP contribution in [0.15, 0.2) is 24.3 Å². The average molecular weight is 275 g/mol. The lowest BCUT2D eigenvalue weighted by Gasteiger charge is -2.25. The molecule has 1 aromatic carbocycles. The smallest absolute Gasteiger partial charge is 0.219 e. The zero-order valence-corrected chi connectivity index (χ0v) is 12.3. The average Bonchev–Trinajstić information content (AvgIpc) is 2.62. The Morgan fingerprint density at radius 2 is 2.25 bits per heavy atom. The van der Waals surface area contributed by atoms with E-state index in [1.165, 1.54) is 11.3 Å². The number of anilines is 1. The summed E-state index contributed by atoms with van der Waals surface area (Å²) < 4.78 is 0. The van der Waals surface area contributed by atoms with Crippen molar-refractivity contribution in [1.29, 1.82) is 0 Å². The number of fused-ring (bicyclic) bond motifs is 1. The quantitative estimate of drug-likeness (QED) is 0.837. The van der Waals surface area contributed by atoms with Gasteiger partial charge < -0.3 is 16.0 Å². The Morgan fingerprint density at radius 3 is 3.00 bits per heavy atom. The van der Waals surface area contributed by atoms with Crippen molar-refractivity contribution in [3.05, 3.63) is 29.8 Å². The number of nitrogens with one attached hydrogen (secondary N) is 1. The van der Waals surface area contributed by atoms with Crippen molar-refractivity contribution >= 4 is 11.6 Å². The summed E-state index contributed by atoms with van der Waals surface area (Å²) in [5, 5.41) is 3.63. The number of hydrogen-bond acceptors (Lipinski definition) is 3. The van der Waals surface area contributed by atoms with E-state index >= 15 is 0 Å². The number of rotatable bonds is 6. The fourth-order valence-electron chi connectivity index (χ4n) is 2.84. The lowest BCUT2D eigenvalue weighted by molar-refractivity contribution is -0.117. The Bertz CT molecular complexity index is 447. The van der Waals surface area contributed by atoms with Crippen LogP contribution < -0.4 is 16.0 Å². The Balaban J connectivity index is 2.18. The van der Waals surface area contributed by atoms with Crippen molar-refractivity contribution in [3.63, 3.8) is 0 Å². The maximum absolute atomic E-state index is 11.0. The van der Waals surface area contributed by atoms with E-state index in [0.29, 0.717) is 19.0 Å². The van der Waals surface area contributed by atoms with Crippen LogP contribution in [0.3, 0.4) is 0 Å². The first-order valence-corrected chi connectivity index (χ1v) is 7.58. The van der Waals surface area contributed by atoms with Gasteiger partial charge in [-0.2, -0.15) is 0 Å². The molecule has 0 saturated heterocycles. The first-order valence-electron chi connectivity index (χ1n) is 7.58. The van der Waals surface area contributed by atoms with Gasteiger partial charge in [0.1, 0.15) is 0 Å². The number of primary amides is 1. The minimum Gasteiger partial charge on any atom is -0.371 e. The van der Waals surface area contributed by atoms with E-state index in [2.05, 4.69) is 41.4 Å². The monoisotopic (exact) mass is 275 g/mol. The Labute approximate surface area is 121 Å². The van der Waals surface area contributed by atoms with E-state index in [4.69, 9.17) is 5.73 Å². The first kappa shape index (κ1) is 14.9. The molecule has 0 aromatic heterocycles. The highest BCUT2D eigenvalue weighted by atomic mass is 16.1. The van der Waals surface area contributed by atoms with Gasteiger partial charge in [-0.05, 0) is 37.4 Å². The molecule has 1 heterocycles. The van der Waals surface area contributed by atoms with Gasteiger partial charge in [-0.3, -0.25) is 4.79 Å². The molecule has 4 heteroatoms. The number of nitrogens with two attached hydrogens (primary N) is 1. The summed E-state index contributed by atoms with van der Waals surface area (Å²) in [6.07, 6.45) is 3.84. The third-order valence-electron chi connectivity index (χ3n) is 3.84. The van der Waals surface area contributed by atoms with Gasteiger partial charge in [-0.1, -0.05) is 25.1 Å². The molecular formula is C16H25N3O. The zero-order valence-electron chi connectivity index (χ0n) is 12.3. The zero-order chi connectivity index (χ0) is 14.4. The van der Waals surface area contributed by atoms with Crippen molar-refractivity contribution in [2.75, 3.05) is 24.5 Å². The second-order valence-electron chi connectivity index (χ2n) is 5.41. The summed E-state index contributed by atoms with van der Waals surface area (Å²) in [4.78, 5) is 13.3. The molecule has 1 amide bonds. The Morgan fingerprint density at radius 1 is 1.45 bits per heavy atom. The van der Waals surface area contributed by atoms with Crippen LogP contribution in [0.1, 0.15) is 44.2 Å². The Hall–Kier alpha value is -1.55. The number of hydrogen-bond donors (Lipinski definition) is 2. The van der Waals surface area contributed by atoms with Crippen LogP contribution in [-0.2, 0) is 4.79 Å². The van der Waals surface area contributed by atoms with Crippen molar-refractivity contribution < 1.29 is 4.79 Å². The van der Waals surface area contributed by atoms with Crippen molar-refractivity contribution in [3.8, 4) is 0 Å². The van der Waals surface area contributed by atoms with Crippen LogP contribution in [-0.4, -0.2) is 25.5 Å². The highest BCUT2D eigenvalue weighted by Gasteiger charge is 2.22. The highest BCUT2D eigenvalue weighted by Crippen LogP contribution is 2.32. The lowest BCUT2D eigenvalue weighted by atomic mass is 10.0. The van der Waals surface area contributed by atoms with Gasteiger partial charge in [-0.15, -0.1) is 0 Å². The highest BCUT2D eigenvalue weighted by molar-refractivity contribution is 5.74. The van der Waals surface area contributed by atoms with E-state index in [-0.39, 0.29) is 5.91 Å². The molecule has 0 spiro atoms. The molecule has 0 aliphatic carbocycles. The fraction of sp³-hybridized carbons (Fsp3) is 0.562. The van der Waals surface area contributed by atoms with Gasteiger partial charge in [-0.25, -0.2) is 0 Å². The summed E-state index contributed by atoms with van der Waals surface area (Å²) in [7, 11) is 0.